The Morgan fingerprint density at radius 1 is 1.58 bits per heavy atom. The van der Waals surface area contributed by atoms with Crippen molar-refractivity contribution >= 4 is 0 Å². The van der Waals surface area contributed by atoms with E-state index in [-0.39, 0.29) is 0 Å². The summed E-state index contributed by atoms with van der Waals surface area (Å²) in [4.78, 5) is 0. The first kappa shape index (κ1) is 9.96. The number of nitrogens with one attached hydrogen (secondary N) is 2. The van der Waals surface area contributed by atoms with Gasteiger partial charge in [-0.3, -0.25) is 0 Å². The second-order valence-corrected chi connectivity index (χ2v) is 3.78. The van der Waals surface area contributed by atoms with Gasteiger partial charge in [0, 0.05) is 19.1 Å². The Labute approximate surface area is 74.9 Å². The fourth-order valence-electron chi connectivity index (χ4n) is 1.30. The Morgan fingerprint density at radius 2 is 2.42 bits per heavy atom. The van der Waals surface area contributed by atoms with Crippen molar-refractivity contribution in [3.8, 4) is 0 Å². The summed E-state index contributed by atoms with van der Waals surface area (Å²) in [5.74, 6) is 0.731. The van der Waals surface area contributed by atoms with Crippen LogP contribution in [-0.2, 0) is 4.74 Å². The number of morpholine rings is 1. The fraction of sp³-hybridized carbons (Fsp3) is 1.00. The average Bonchev–Trinajstić information content (AvgIpc) is 2.05. The molecule has 1 aliphatic heterocycles. The van der Waals surface area contributed by atoms with Gasteiger partial charge in [-0.15, -0.1) is 0 Å². The lowest BCUT2D eigenvalue weighted by atomic mass is 10.2. The van der Waals surface area contributed by atoms with Crippen molar-refractivity contribution in [1.29, 1.82) is 0 Å². The molecule has 3 heteroatoms. The molecule has 1 fully saturated rings. The number of hydrogen-bond acceptors (Lipinski definition) is 3. The molecule has 72 valence electrons. The van der Waals surface area contributed by atoms with Gasteiger partial charge in [0.25, 0.3) is 0 Å². The normalized spacial score (nSPS) is 24.8. The average molecular weight is 172 g/mol. The first-order chi connectivity index (χ1) is 5.79. The predicted molar refractivity (Wildman–Crippen MR) is 50.3 cm³/mol. The number of ether oxygens (including phenoxy) is 1. The van der Waals surface area contributed by atoms with Crippen molar-refractivity contribution in [2.75, 3.05) is 32.8 Å². The van der Waals surface area contributed by atoms with Crippen LogP contribution >= 0.6 is 0 Å². The van der Waals surface area contributed by atoms with Gasteiger partial charge in [0.2, 0.25) is 0 Å². The minimum Gasteiger partial charge on any atom is -0.378 e. The minimum atomic E-state index is 0.512. The minimum absolute atomic E-state index is 0.512. The highest BCUT2D eigenvalue weighted by Gasteiger charge is 2.11. The second-order valence-electron chi connectivity index (χ2n) is 3.78. The smallest absolute Gasteiger partial charge is 0.0632 e. The van der Waals surface area contributed by atoms with E-state index in [1.807, 2.05) is 0 Å². The lowest BCUT2D eigenvalue weighted by molar-refractivity contribution is 0.0765. The van der Waals surface area contributed by atoms with Crippen molar-refractivity contribution in [2.45, 2.75) is 19.9 Å². The van der Waals surface area contributed by atoms with E-state index in [4.69, 9.17) is 4.74 Å². The van der Waals surface area contributed by atoms with Gasteiger partial charge in [0.05, 0.1) is 13.2 Å². The molecule has 1 saturated heterocycles. The Hall–Kier alpha value is -0.120. The van der Waals surface area contributed by atoms with Gasteiger partial charge in [-0.05, 0) is 12.5 Å². The van der Waals surface area contributed by atoms with E-state index in [9.17, 15) is 0 Å². The van der Waals surface area contributed by atoms with E-state index in [1.54, 1.807) is 0 Å². The molecule has 1 aliphatic rings. The van der Waals surface area contributed by atoms with Gasteiger partial charge in [-0.1, -0.05) is 13.8 Å². The van der Waals surface area contributed by atoms with Crippen LogP contribution in [-0.4, -0.2) is 38.9 Å². The molecule has 0 bridgehead atoms. The van der Waals surface area contributed by atoms with Crippen molar-refractivity contribution in [1.82, 2.24) is 10.6 Å². The molecule has 12 heavy (non-hydrogen) atoms. The zero-order chi connectivity index (χ0) is 8.81. The zero-order valence-corrected chi connectivity index (χ0v) is 8.10. The van der Waals surface area contributed by atoms with Crippen LogP contribution in [0.25, 0.3) is 0 Å². The van der Waals surface area contributed by atoms with Crippen LogP contribution in [0.1, 0.15) is 13.8 Å². The lowest BCUT2D eigenvalue weighted by Crippen LogP contribution is -2.47. The third kappa shape index (κ3) is 4.04. The Bertz CT molecular complexity index is 111. The predicted octanol–water partition coefficient (Wildman–Crippen LogP) is 0.220. The molecule has 0 aromatic rings. The summed E-state index contributed by atoms with van der Waals surface area (Å²) in [5, 5.41) is 6.82. The Balaban J connectivity index is 1.98. The van der Waals surface area contributed by atoms with Gasteiger partial charge in [-0.2, -0.15) is 0 Å². The van der Waals surface area contributed by atoms with Gasteiger partial charge < -0.3 is 15.4 Å². The lowest BCUT2D eigenvalue weighted by Gasteiger charge is -2.24. The number of hydrogen-bond donors (Lipinski definition) is 2. The highest BCUT2D eigenvalue weighted by Crippen LogP contribution is 1.92. The maximum absolute atomic E-state index is 5.34. The van der Waals surface area contributed by atoms with E-state index in [2.05, 4.69) is 24.5 Å². The third-order valence-electron chi connectivity index (χ3n) is 1.94. The van der Waals surface area contributed by atoms with Crippen LogP contribution in [0.3, 0.4) is 0 Å². The van der Waals surface area contributed by atoms with Gasteiger partial charge >= 0.3 is 0 Å². The summed E-state index contributed by atoms with van der Waals surface area (Å²) in [6.45, 7) is 9.27. The van der Waals surface area contributed by atoms with Gasteiger partial charge in [0.15, 0.2) is 0 Å². The van der Waals surface area contributed by atoms with Crippen LogP contribution < -0.4 is 10.6 Å². The van der Waals surface area contributed by atoms with Crippen molar-refractivity contribution in [2.24, 2.45) is 5.92 Å². The third-order valence-corrected chi connectivity index (χ3v) is 1.94. The maximum Gasteiger partial charge on any atom is 0.0632 e. The monoisotopic (exact) mass is 172 g/mol. The first-order valence-corrected chi connectivity index (χ1v) is 4.81. The summed E-state index contributed by atoms with van der Waals surface area (Å²) in [6.07, 6.45) is 0. The van der Waals surface area contributed by atoms with Gasteiger partial charge in [-0.25, -0.2) is 0 Å². The topological polar surface area (TPSA) is 33.3 Å². The molecular weight excluding hydrogens is 152 g/mol. The Kier molecular flexibility index (Phi) is 4.58. The number of rotatable bonds is 4. The summed E-state index contributed by atoms with van der Waals surface area (Å²) < 4.78 is 5.34. The highest BCUT2D eigenvalue weighted by atomic mass is 16.5. The fourth-order valence-corrected chi connectivity index (χ4v) is 1.30. The SMILES string of the molecule is CC(C)CNCC1COCCN1. The quantitative estimate of drug-likeness (QED) is 0.636. The molecule has 0 radical (unpaired) electrons. The molecule has 0 saturated carbocycles. The molecule has 2 N–H and O–H groups in total. The van der Waals surface area contributed by atoms with Crippen molar-refractivity contribution in [3.63, 3.8) is 0 Å². The van der Waals surface area contributed by atoms with Gasteiger partial charge in [0.1, 0.15) is 0 Å². The highest BCUT2D eigenvalue weighted by molar-refractivity contribution is 4.72. The molecule has 1 atom stereocenters. The van der Waals surface area contributed by atoms with Crippen LogP contribution in [0.4, 0.5) is 0 Å². The van der Waals surface area contributed by atoms with E-state index < -0.39 is 0 Å². The first-order valence-electron chi connectivity index (χ1n) is 4.81. The summed E-state index contributed by atoms with van der Waals surface area (Å²) in [6, 6.07) is 0.512. The Morgan fingerprint density at radius 3 is 3.00 bits per heavy atom. The zero-order valence-electron chi connectivity index (χ0n) is 8.10. The summed E-state index contributed by atoms with van der Waals surface area (Å²) in [7, 11) is 0. The molecule has 1 unspecified atom stereocenters. The van der Waals surface area contributed by atoms with E-state index in [1.165, 1.54) is 0 Å². The molecule has 0 spiro atoms. The standard InChI is InChI=1S/C9H20N2O/c1-8(2)5-10-6-9-7-12-4-3-11-9/h8-11H,3-7H2,1-2H3. The molecule has 1 heterocycles. The molecular formula is C9H20N2O. The van der Waals surface area contributed by atoms with Crippen molar-refractivity contribution < 1.29 is 4.74 Å². The van der Waals surface area contributed by atoms with Crippen LogP contribution in [0, 0.1) is 5.92 Å². The molecule has 0 aromatic heterocycles. The van der Waals surface area contributed by atoms with Crippen molar-refractivity contribution in [3.05, 3.63) is 0 Å². The van der Waals surface area contributed by atoms with E-state index >= 15 is 0 Å². The van der Waals surface area contributed by atoms with Crippen LogP contribution in [0.5, 0.6) is 0 Å². The van der Waals surface area contributed by atoms with Crippen LogP contribution in [0.2, 0.25) is 0 Å². The molecule has 0 aromatic carbocycles. The maximum atomic E-state index is 5.34. The molecule has 0 amide bonds. The summed E-state index contributed by atoms with van der Waals surface area (Å²) in [5.41, 5.74) is 0. The van der Waals surface area contributed by atoms with Crippen LogP contribution in [0.15, 0.2) is 0 Å². The molecule has 3 nitrogen and oxygen atoms in total. The molecule has 0 aliphatic carbocycles. The van der Waals surface area contributed by atoms with E-state index in [0.717, 1.165) is 38.8 Å². The van der Waals surface area contributed by atoms with E-state index in [0.29, 0.717) is 6.04 Å². The summed E-state index contributed by atoms with van der Waals surface area (Å²) >= 11 is 0. The second kappa shape index (κ2) is 5.51. The largest absolute Gasteiger partial charge is 0.378 e. The molecule has 1 rings (SSSR count).